The van der Waals surface area contributed by atoms with Gasteiger partial charge < -0.3 is 4.90 Å². The summed E-state index contributed by atoms with van der Waals surface area (Å²) >= 11 is 1.44. The van der Waals surface area contributed by atoms with Gasteiger partial charge in [-0.3, -0.25) is 4.79 Å². The van der Waals surface area contributed by atoms with Gasteiger partial charge >= 0.3 is 0 Å². The van der Waals surface area contributed by atoms with E-state index in [-0.39, 0.29) is 28.7 Å². The van der Waals surface area contributed by atoms with Gasteiger partial charge in [-0.05, 0) is 17.5 Å². The van der Waals surface area contributed by atoms with Crippen LogP contribution in [0.2, 0.25) is 0 Å². The quantitative estimate of drug-likeness (QED) is 0.753. The number of rotatable bonds is 5. The van der Waals surface area contributed by atoms with Gasteiger partial charge in [0.05, 0.1) is 17.5 Å². The minimum Gasteiger partial charge on any atom is -0.342 e. The Labute approximate surface area is 169 Å². The van der Waals surface area contributed by atoms with E-state index in [4.69, 9.17) is 0 Å². The lowest BCUT2D eigenvalue weighted by Crippen LogP contribution is -2.37. The lowest BCUT2D eigenvalue weighted by molar-refractivity contribution is -0.117. The largest absolute Gasteiger partial charge is 0.342 e. The highest BCUT2D eigenvalue weighted by Crippen LogP contribution is 2.39. The van der Waals surface area contributed by atoms with E-state index in [0.29, 0.717) is 24.6 Å². The molecule has 2 heterocycles. The second kappa shape index (κ2) is 8.09. The van der Waals surface area contributed by atoms with E-state index in [1.807, 2.05) is 65.6 Å². The van der Waals surface area contributed by atoms with Crippen molar-refractivity contribution >= 4 is 32.7 Å². The Morgan fingerprint density at radius 1 is 1.00 bits per heavy atom. The number of aliphatic imine (C=N–C) groups is 1. The Morgan fingerprint density at radius 3 is 2.32 bits per heavy atom. The first kappa shape index (κ1) is 19.2. The average molecular weight is 415 g/mol. The van der Waals surface area contributed by atoms with Crippen molar-refractivity contribution in [3.05, 3.63) is 71.8 Å². The molecule has 2 aromatic rings. The molecule has 7 heteroatoms. The van der Waals surface area contributed by atoms with Gasteiger partial charge in [-0.1, -0.05) is 72.4 Å². The van der Waals surface area contributed by atoms with Gasteiger partial charge in [-0.25, -0.2) is 8.42 Å². The first-order chi connectivity index (χ1) is 13.5. The zero-order valence-corrected chi connectivity index (χ0v) is 17.0. The van der Waals surface area contributed by atoms with Crippen molar-refractivity contribution in [2.24, 2.45) is 4.99 Å². The molecule has 2 saturated heterocycles. The summed E-state index contributed by atoms with van der Waals surface area (Å²) in [6.45, 7) is 0.565. The van der Waals surface area contributed by atoms with Crippen molar-refractivity contribution in [3.63, 3.8) is 0 Å². The van der Waals surface area contributed by atoms with Crippen LogP contribution in [0.3, 0.4) is 0 Å². The molecule has 2 aromatic carbocycles. The molecule has 1 amide bonds. The molecule has 2 atom stereocenters. The number of amides is 1. The van der Waals surface area contributed by atoms with Crippen LogP contribution in [0, 0.1) is 0 Å². The zero-order valence-electron chi connectivity index (χ0n) is 15.4. The molecule has 2 aliphatic heterocycles. The molecule has 146 valence electrons. The number of amidine groups is 1. The molecule has 0 radical (unpaired) electrons. The molecule has 0 bridgehead atoms. The van der Waals surface area contributed by atoms with E-state index in [9.17, 15) is 13.2 Å². The fraction of sp³-hybridized carbons (Fsp3) is 0.333. The molecular formula is C21H22N2O3S2. The van der Waals surface area contributed by atoms with Crippen LogP contribution < -0.4 is 0 Å². The first-order valence-electron chi connectivity index (χ1n) is 9.33. The molecule has 0 unspecified atom stereocenters. The molecule has 0 saturated carbocycles. The van der Waals surface area contributed by atoms with Gasteiger partial charge in [0.15, 0.2) is 15.0 Å². The van der Waals surface area contributed by atoms with Crippen LogP contribution >= 0.6 is 11.8 Å². The number of benzene rings is 2. The van der Waals surface area contributed by atoms with E-state index in [1.165, 1.54) is 11.8 Å². The number of sulfone groups is 1. The van der Waals surface area contributed by atoms with Crippen LogP contribution in [0.1, 0.15) is 17.5 Å². The summed E-state index contributed by atoms with van der Waals surface area (Å²) in [7, 11) is -3.03. The SMILES string of the molecule is O=C(CCc1ccccc1)N=C1S[C@H]2CS(=O)(=O)C[C@H]2N1Cc1ccccc1. The second-order valence-corrected chi connectivity index (χ2v) is 10.5. The highest BCUT2D eigenvalue weighted by atomic mass is 32.2. The predicted molar refractivity (Wildman–Crippen MR) is 113 cm³/mol. The lowest BCUT2D eigenvalue weighted by atomic mass is 10.1. The van der Waals surface area contributed by atoms with E-state index < -0.39 is 9.84 Å². The molecule has 0 aliphatic carbocycles. The van der Waals surface area contributed by atoms with Gasteiger partial charge in [0.2, 0.25) is 5.91 Å². The zero-order chi connectivity index (χ0) is 19.6. The highest BCUT2D eigenvalue weighted by molar-refractivity contribution is 8.15. The molecule has 28 heavy (non-hydrogen) atoms. The van der Waals surface area contributed by atoms with Crippen molar-refractivity contribution in [1.29, 1.82) is 0 Å². The van der Waals surface area contributed by atoms with Crippen molar-refractivity contribution in [2.75, 3.05) is 11.5 Å². The third-order valence-electron chi connectivity index (χ3n) is 5.06. The third kappa shape index (κ3) is 4.47. The lowest BCUT2D eigenvalue weighted by Gasteiger charge is -2.24. The predicted octanol–water partition coefficient (Wildman–Crippen LogP) is 2.92. The van der Waals surface area contributed by atoms with Crippen LogP contribution in [0.15, 0.2) is 65.7 Å². The number of hydrogen-bond acceptors (Lipinski definition) is 4. The normalized spacial score (nSPS) is 24.4. The summed E-state index contributed by atoms with van der Waals surface area (Å²) in [6, 6.07) is 19.7. The van der Waals surface area contributed by atoms with Crippen molar-refractivity contribution in [1.82, 2.24) is 4.90 Å². The number of fused-ring (bicyclic) bond motifs is 1. The smallest absolute Gasteiger partial charge is 0.248 e. The molecule has 0 N–H and O–H groups in total. The summed E-state index contributed by atoms with van der Waals surface area (Å²) in [5.74, 6) is 0.131. The standard InChI is InChI=1S/C21H22N2O3S2/c24-20(12-11-16-7-3-1-4-8-16)22-21-23(13-17-9-5-2-6-10-17)18-14-28(25,26)15-19(18)27-21/h1-10,18-19H,11-15H2/t18-,19+/m1/s1. The molecule has 2 fully saturated rings. The second-order valence-electron chi connectivity index (χ2n) is 7.19. The number of nitrogens with zero attached hydrogens (tertiary/aromatic N) is 2. The highest BCUT2D eigenvalue weighted by Gasteiger charge is 2.48. The summed E-state index contributed by atoms with van der Waals surface area (Å²) in [5, 5.41) is 0.612. The Bertz CT molecular complexity index is 975. The van der Waals surface area contributed by atoms with Crippen LogP contribution in [-0.2, 0) is 27.6 Å². The van der Waals surface area contributed by atoms with Gasteiger partial charge in [0.1, 0.15) is 0 Å². The first-order valence-corrected chi connectivity index (χ1v) is 12.0. The summed E-state index contributed by atoms with van der Waals surface area (Å²) in [6.07, 6.45) is 1.00. The maximum Gasteiger partial charge on any atom is 0.248 e. The number of carbonyl (C=O) groups excluding carboxylic acids is 1. The molecule has 5 nitrogen and oxygen atoms in total. The van der Waals surface area contributed by atoms with E-state index in [0.717, 1.165) is 11.1 Å². The topological polar surface area (TPSA) is 66.8 Å². The Hall–Kier alpha value is -2.12. The molecule has 0 spiro atoms. The van der Waals surface area contributed by atoms with E-state index >= 15 is 0 Å². The third-order valence-corrected chi connectivity index (χ3v) is 8.31. The minimum atomic E-state index is -3.03. The monoisotopic (exact) mass is 414 g/mol. The van der Waals surface area contributed by atoms with Crippen molar-refractivity contribution in [2.45, 2.75) is 30.7 Å². The van der Waals surface area contributed by atoms with Gasteiger partial charge in [0.25, 0.3) is 0 Å². The molecule has 4 rings (SSSR count). The van der Waals surface area contributed by atoms with Gasteiger partial charge in [0, 0.05) is 18.2 Å². The maximum atomic E-state index is 12.5. The number of hydrogen-bond donors (Lipinski definition) is 0. The van der Waals surface area contributed by atoms with Crippen LogP contribution in [0.25, 0.3) is 0 Å². The molecule has 0 aromatic heterocycles. The van der Waals surface area contributed by atoms with Crippen LogP contribution in [0.5, 0.6) is 0 Å². The molecule has 2 aliphatic rings. The fourth-order valence-electron chi connectivity index (χ4n) is 3.66. The van der Waals surface area contributed by atoms with Gasteiger partial charge in [-0.15, -0.1) is 0 Å². The fourth-order valence-corrected chi connectivity index (χ4v) is 7.63. The van der Waals surface area contributed by atoms with E-state index in [2.05, 4.69) is 4.99 Å². The Kier molecular flexibility index (Phi) is 5.55. The average Bonchev–Trinajstić information content (AvgIpc) is 3.14. The van der Waals surface area contributed by atoms with Crippen molar-refractivity contribution in [3.8, 4) is 0 Å². The van der Waals surface area contributed by atoms with Gasteiger partial charge in [-0.2, -0.15) is 4.99 Å². The number of thioether (sulfide) groups is 1. The van der Waals surface area contributed by atoms with Crippen LogP contribution in [0.4, 0.5) is 0 Å². The minimum absolute atomic E-state index is 0.0469. The summed E-state index contributed by atoms with van der Waals surface area (Å²) in [4.78, 5) is 18.9. The maximum absolute atomic E-state index is 12.5. The summed E-state index contributed by atoms with van der Waals surface area (Å²) in [5.41, 5.74) is 2.19. The van der Waals surface area contributed by atoms with Crippen LogP contribution in [-0.4, -0.2) is 47.2 Å². The van der Waals surface area contributed by atoms with Crippen molar-refractivity contribution < 1.29 is 13.2 Å². The molecular weight excluding hydrogens is 392 g/mol. The number of carbonyl (C=O) groups is 1. The van der Waals surface area contributed by atoms with E-state index in [1.54, 1.807) is 0 Å². The Balaban J connectivity index is 1.50. The number of aryl methyl sites for hydroxylation is 1. The summed E-state index contributed by atoms with van der Waals surface area (Å²) < 4.78 is 24.2. The Morgan fingerprint density at radius 2 is 1.64 bits per heavy atom.